The van der Waals surface area contributed by atoms with E-state index in [0.717, 1.165) is 4.90 Å². The van der Waals surface area contributed by atoms with Gasteiger partial charge in [0.2, 0.25) is 11.8 Å². The molecule has 9 heteroatoms. The number of rotatable bonds is 8. The minimum Gasteiger partial charge on any atom is -0.481 e. The van der Waals surface area contributed by atoms with Gasteiger partial charge in [-0.3, -0.25) is 14.4 Å². The van der Waals surface area contributed by atoms with Crippen LogP contribution < -0.4 is 10.6 Å². The number of anilines is 2. The van der Waals surface area contributed by atoms with Gasteiger partial charge in [0.05, 0.1) is 27.4 Å². The molecular formula is C19H18Cl2N2O4S. The highest BCUT2D eigenvalue weighted by Gasteiger charge is 2.16. The topological polar surface area (TPSA) is 95.5 Å². The van der Waals surface area contributed by atoms with Crippen molar-refractivity contribution in [3.05, 3.63) is 52.5 Å². The fourth-order valence-corrected chi connectivity index (χ4v) is 3.37. The molecule has 0 aliphatic carbocycles. The predicted molar refractivity (Wildman–Crippen MR) is 112 cm³/mol. The molecular weight excluding hydrogens is 423 g/mol. The molecule has 2 amide bonds. The van der Waals surface area contributed by atoms with Gasteiger partial charge in [0, 0.05) is 17.0 Å². The third kappa shape index (κ3) is 6.74. The quantitative estimate of drug-likeness (QED) is 0.506. The summed E-state index contributed by atoms with van der Waals surface area (Å²) in [6.07, 6.45) is -0.307. The minimum absolute atomic E-state index is 0.0882. The Morgan fingerprint density at radius 1 is 1.04 bits per heavy atom. The first-order valence-electron chi connectivity index (χ1n) is 8.29. The van der Waals surface area contributed by atoms with Gasteiger partial charge in [-0.25, -0.2) is 0 Å². The summed E-state index contributed by atoms with van der Waals surface area (Å²) in [5.74, 6) is -1.61. The van der Waals surface area contributed by atoms with Crippen LogP contribution in [0.3, 0.4) is 0 Å². The van der Waals surface area contributed by atoms with Gasteiger partial charge in [-0.2, -0.15) is 0 Å². The second-order valence-electron chi connectivity index (χ2n) is 5.82. The fraction of sp³-hybridized carbons (Fsp3) is 0.211. The standard InChI is InChI=1S/C19H18Cl2N2O4S/c1-11(19(27)23-15-4-2-3-14(20)18(15)21)28-13-7-5-12(6-8-13)22-16(24)9-10-17(25)26/h2-8,11H,9-10H2,1H3,(H,22,24)(H,23,27)(H,25,26). The van der Waals surface area contributed by atoms with E-state index in [1.807, 2.05) is 0 Å². The van der Waals surface area contributed by atoms with E-state index < -0.39 is 11.2 Å². The van der Waals surface area contributed by atoms with Crippen LogP contribution in [0.1, 0.15) is 19.8 Å². The number of carbonyl (C=O) groups excluding carboxylic acids is 2. The summed E-state index contributed by atoms with van der Waals surface area (Å²) < 4.78 is 0. The third-order valence-electron chi connectivity index (χ3n) is 3.60. The second kappa shape index (κ2) is 10.4. The van der Waals surface area contributed by atoms with Crippen molar-refractivity contribution in [2.24, 2.45) is 0 Å². The highest BCUT2D eigenvalue weighted by Crippen LogP contribution is 2.31. The first-order valence-corrected chi connectivity index (χ1v) is 9.93. The van der Waals surface area contributed by atoms with Crippen LogP contribution in [0.4, 0.5) is 11.4 Å². The lowest BCUT2D eigenvalue weighted by Crippen LogP contribution is -2.22. The molecule has 0 aliphatic rings. The first kappa shape index (κ1) is 22.1. The number of carbonyl (C=O) groups is 3. The number of benzene rings is 2. The molecule has 0 saturated carbocycles. The lowest BCUT2D eigenvalue weighted by Gasteiger charge is -2.14. The van der Waals surface area contributed by atoms with Gasteiger partial charge in [-0.1, -0.05) is 29.3 Å². The summed E-state index contributed by atoms with van der Waals surface area (Å²) in [7, 11) is 0. The van der Waals surface area contributed by atoms with E-state index in [9.17, 15) is 14.4 Å². The summed E-state index contributed by atoms with van der Waals surface area (Å²) in [4.78, 5) is 35.3. The fourth-order valence-electron chi connectivity index (χ4n) is 2.15. The van der Waals surface area contributed by atoms with Crippen molar-refractivity contribution in [2.75, 3.05) is 10.6 Å². The van der Waals surface area contributed by atoms with E-state index in [4.69, 9.17) is 28.3 Å². The van der Waals surface area contributed by atoms with Crippen LogP contribution in [0.15, 0.2) is 47.4 Å². The van der Waals surface area contributed by atoms with E-state index >= 15 is 0 Å². The zero-order chi connectivity index (χ0) is 20.7. The number of nitrogens with one attached hydrogen (secondary N) is 2. The van der Waals surface area contributed by atoms with E-state index in [1.165, 1.54) is 11.8 Å². The van der Waals surface area contributed by atoms with Gasteiger partial charge >= 0.3 is 5.97 Å². The Bertz CT molecular complexity index is 875. The highest BCUT2D eigenvalue weighted by molar-refractivity contribution is 8.00. The normalized spacial score (nSPS) is 11.5. The molecule has 0 aliphatic heterocycles. The van der Waals surface area contributed by atoms with Crippen molar-refractivity contribution in [1.82, 2.24) is 0 Å². The molecule has 2 aromatic carbocycles. The molecule has 0 fully saturated rings. The van der Waals surface area contributed by atoms with E-state index in [-0.39, 0.29) is 29.7 Å². The number of hydrogen-bond acceptors (Lipinski definition) is 4. The average Bonchev–Trinajstić information content (AvgIpc) is 2.65. The van der Waals surface area contributed by atoms with Crippen molar-refractivity contribution in [2.45, 2.75) is 29.9 Å². The Hall–Kier alpha value is -2.22. The van der Waals surface area contributed by atoms with E-state index in [1.54, 1.807) is 49.4 Å². The highest BCUT2D eigenvalue weighted by atomic mass is 35.5. The van der Waals surface area contributed by atoms with Gasteiger partial charge in [0.25, 0.3) is 0 Å². The number of hydrogen-bond donors (Lipinski definition) is 3. The molecule has 1 unspecified atom stereocenters. The zero-order valence-electron chi connectivity index (χ0n) is 14.9. The maximum absolute atomic E-state index is 12.4. The summed E-state index contributed by atoms with van der Waals surface area (Å²) >= 11 is 13.4. The number of amides is 2. The zero-order valence-corrected chi connectivity index (χ0v) is 17.2. The lowest BCUT2D eigenvalue weighted by molar-refractivity contribution is -0.138. The molecule has 0 aromatic heterocycles. The predicted octanol–water partition coefficient (Wildman–Crippen LogP) is 4.92. The van der Waals surface area contributed by atoms with Crippen molar-refractivity contribution in [1.29, 1.82) is 0 Å². The van der Waals surface area contributed by atoms with E-state index in [0.29, 0.717) is 16.4 Å². The van der Waals surface area contributed by atoms with Gasteiger partial charge < -0.3 is 15.7 Å². The molecule has 0 heterocycles. The molecule has 1 atom stereocenters. The average molecular weight is 441 g/mol. The molecule has 0 bridgehead atoms. The van der Waals surface area contributed by atoms with Gasteiger partial charge in [0.15, 0.2) is 0 Å². The molecule has 2 aromatic rings. The van der Waals surface area contributed by atoms with Crippen LogP contribution >= 0.6 is 35.0 Å². The maximum Gasteiger partial charge on any atom is 0.303 e. The molecule has 148 valence electrons. The maximum atomic E-state index is 12.4. The largest absolute Gasteiger partial charge is 0.481 e. The molecule has 3 N–H and O–H groups in total. The summed E-state index contributed by atoms with van der Waals surface area (Å²) in [5, 5.41) is 14.2. The van der Waals surface area contributed by atoms with Crippen LogP contribution in [0.5, 0.6) is 0 Å². The number of carboxylic acid groups (broad SMARTS) is 1. The van der Waals surface area contributed by atoms with Crippen LogP contribution in [0.25, 0.3) is 0 Å². The molecule has 28 heavy (non-hydrogen) atoms. The Morgan fingerprint density at radius 3 is 2.36 bits per heavy atom. The Kier molecular flexibility index (Phi) is 8.17. The van der Waals surface area contributed by atoms with Crippen LogP contribution in [0.2, 0.25) is 10.0 Å². The van der Waals surface area contributed by atoms with Crippen molar-refractivity contribution in [3.8, 4) is 0 Å². The number of thioether (sulfide) groups is 1. The SMILES string of the molecule is CC(Sc1ccc(NC(=O)CCC(=O)O)cc1)C(=O)Nc1cccc(Cl)c1Cl. The molecule has 0 saturated heterocycles. The number of carboxylic acids is 1. The Balaban J connectivity index is 1.90. The third-order valence-corrected chi connectivity index (χ3v) is 5.53. The summed E-state index contributed by atoms with van der Waals surface area (Å²) in [5.41, 5.74) is 1.01. The monoisotopic (exact) mass is 440 g/mol. The molecule has 2 rings (SSSR count). The molecule has 0 radical (unpaired) electrons. The summed E-state index contributed by atoms with van der Waals surface area (Å²) in [6.45, 7) is 1.76. The van der Waals surface area contributed by atoms with Crippen molar-refractivity contribution in [3.63, 3.8) is 0 Å². The molecule has 6 nitrogen and oxygen atoms in total. The van der Waals surface area contributed by atoms with Crippen LogP contribution in [-0.2, 0) is 14.4 Å². The molecule has 0 spiro atoms. The second-order valence-corrected chi connectivity index (χ2v) is 8.02. The number of aliphatic carboxylic acids is 1. The van der Waals surface area contributed by atoms with Crippen molar-refractivity contribution >= 4 is 64.1 Å². The Morgan fingerprint density at radius 2 is 1.71 bits per heavy atom. The summed E-state index contributed by atoms with van der Waals surface area (Å²) in [6, 6.07) is 11.9. The van der Waals surface area contributed by atoms with Gasteiger partial charge in [0.1, 0.15) is 0 Å². The Labute approximate surface area is 176 Å². The van der Waals surface area contributed by atoms with Crippen LogP contribution in [0, 0.1) is 0 Å². The minimum atomic E-state index is -1.02. The smallest absolute Gasteiger partial charge is 0.303 e. The van der Waals surface area contributed by atoms with Gasteiger partial charge in [-0.15, -0.1) is 11.8 Å². The lowest BCUT2D eigenvalue weighted by atomic mass is 10.2. The van der Waals surface area contributed by atoms with Gasteiger partial charge in [-0.05, 0) is 43.3 Å². The number of halogens is 2. The van der Waals surface area contributed by atoms with Crippen LogP contribution in [-0.4, -0.2) is 28.1 Å². The first-order chi connectivity index (χ1) is 13.3. The van der Waals surface area contributed by atoms with Crippen molar-refractivity contribution < 1.29 is 19.5 Å². The van der Waals surface area contributed by atoms with E-state index in [2.05, 4.69) is 10.6 Å².